The number of aliphatic hydroxyl groups excluding tert-OH is 1. The Morgan fingerprint density at radius 3 is 2.93 bits per heavy atom. The molecule has 0 aromatic carbocycles. The molecule has 1 heterocycles. The first-order valence-corrected chi connectivity index (χ1v) is 4.75. The topological polar surface area (TPSA) is 66.8 Å². The molecule has 1 fully saturated rings. The highest BCUT2D eigenvalue weighted by atomic mass is 16.5. The van der Waals surface area contributed by atoms with E-state index in [0.29, 0.717) is 19.6 Å². The molecule has 1 atom stereocenters. The van der Waals surface area contributed by atoms with Gasteiger partial charge in [0.2, 0.25) is 5.91 Å². The number of hydrogen-bond acceptors (Lipinski definition) is 4. The number of hydrogen-bond donors (Lipinski definition) is 1. The van der Waals surface area contributed by atoms with E-state index < -0.39 is 0 Å². The number of nitrogens with zero attached hydrogens (tertiary/aromatic N) is 1. The molecule has 80 valence electrons. The van der Waals surface area contributed by atoms with E-state index >= 15 is 0 Å². The van der Waals surface area contributed by atoms with Crippen LogP contribution in [0.15, 0.2) is 0 Å². The zero-order valence-electron chi connectivity index (χ0n) is 8.23. The van der Waals surface area contributed by atoms with Crippen LogP contribution < -0.4 is 0 Å². The molecular weight excluding hydrogens is 186 g/mol. The zero-order valence-corrected chi connectivity index (χ0v) is 8.23. The lowest BCUT2D eigenvalue weighted by molar-refractivity contribution is -0.151. The van der Waals surface area contributed by atoms with Gasteiger partial charge in [-0.05, 0) is 6.92 Å². The van der Waals surface area contributed by atoms with Crippen molar-refractivity contribution in [3.63, 3.8) is 0 Å². The first-order chi connectivity index (χ1) is 6.69. The lowest BCUT2D eigenvalue weighted by atomic mass is 10.0. The molecule has 0 aromatic heterocycles. The van der Waals surface area contributed by atoms with E-state index in [0.717, 1.165) is 0 Å². The average Bonchev–Trinajstić information content (AvgIpc) is 2.14. The van der Waals surface area contributed by atoms with E-state index in [1.165, 1.54) is 4.90 Å². The van der Waals surface area contributed by atoms with Crippen molar-refractivity contribution >= 4 is 11.9 Å². The number of ether oxygens (including phenoxy) is 1. The van der Waals surface area contributed by atoms with Gasteiger partial charge in [-0.15, -0.1) is 0 Å². The van der Waals surface area contributed by atoms with Gasteiger partial charge in [0.25, 0.3) is 0 Å². The van der Waals surface area contributed by atoms with Crippen LogP contribution >= 0.6 is 0 Å². The Morgan fingerprint density at radius 2 is 2.43 bits per heavy atom. The summed E-state index contributed by atoms with van der Waals surface area (Å²) in [5.41, 5.74) is 0. The van der Waals surface area contributed by atoms with Crippen LogP contribution in [-0.4, -0.2) is 47.7 Å². The van der Waals surface area contributed by atoms with Gasteiger partial charge in [0.05, 0.1) is 25.7 Å². The third kappa shape index (κ3) is 2.45. The summed E-state index contributed by atoms with van der Waals surface area (Å²) in [5.74, 6) is -0.308. The molecule has 0 saturated carbocycles. The van der Waals surface area contributed by atoms with Crippen molar-refractivity contribution in [2.75, 3.05) is 19.8 Å². The summed E-state index contributed by atoms with van der Waals surface area (Å²) < 4.78 is 4.73. The van der Waals surface area contributed by atoms with Crippen molar-refractivity contribution in [1.82, 2.24) is 4.90 Å². The van der Waals surface area contributed by atoms with Crippen LogP contribution in [0.1, 0.15) is 19.8 Å². The second-order valence-corrected chi connectivity index (χ2v) is 3.18. The summed E-state index contributed by atoms with van der Waals surface area (Å²) >= 11 is 0. The van der Waals surface area contributed by atoms with Crippen molar-refractivity contribution in [1.29, 1.82) is 0 Å². The van der Waals surface area contributed by atoms with Crippen molar-refractivity contribution < 1.29 is 19.4 Å². The number of carbonyl (C=O) groups is 2. The van der Waals surface area contributed by atoms with E-state index in [-0.39, 0.29) is 30.9 Å². The van der Waals surface area contributed by atoms with Crippen LogP contribution in [0.4, 0.5) is 0 Å². The predicted octanol–water partition coefficient (Wildman–Crippen LogP) is -0.467. The number of likely N-dealkylation sites (tertiary alicyclic amines) is 1. The van der Waals surface area contributed by atoms with Gasteiger partial charge in [-0.3, -0.25) is 9.59 Å². The van der Waals surface area contributed by atoms with Crippen LogP contribution in [-0.2, 0) is 14.3 Å². The number of carbonyl (C=O) groups excluding carboxylic acids is 2. The van der Waals surface area contributed by atoms with Crippen molar-refractivity contribution in [2.24, 2.45) is 0 Å². The number of β-lactam (4-membered cyclic amide) rings is 1. The Kier molecular flexibility index (Phi) is 3.88. The Labute approximate surface area is 82.6 Å². The van der Waals surface area contributed by atoms with Gasteiger partial charge in [0, 0.05) is 13.0 Å². The lowest BCUT2D eigenvalue weighted by Gasteiger charge is -2.39. The fraction of sp³-hybridized carbons (Fsp3) is 0.778. The molecule has 0 spiro atoms. The standard InChI is InChI=1S/C9H15NO4/c1-2-14-9(13)3-4-10-7(6-11)5-8(10)12/h7,11H,2-6H2,1H3. The highest BCUT2D eigenvalue weighted by molar-refractivity contribution is 5.83. The Morgan fingerprint density at radius 1 is 1.71 bits per heavy atom. The monoisotopic (exact) mass is 201 g/mol. The molecule has 0 aromatic rings. The summed E-state index contributed by atoms with van der Waals surface area (Å²) in [6.45, 7) is 2.41. The first-order valence-electron chi connectivity index (χ1n) is 4.75. The highest BCUT2D eigenvalue weighted by Crippen LogP contribution is 2.18. The van der Waals surface area contributed by atoms with Crippen LogP contribution in [0.3, 0.4) is 0 Å². The first kappa shape index (κ1) is 11.0. The second-order valence-electron chi connectivity index (χ2n) is 3.18. The minimum atomic E-state index is -0.302. The molecule has 0 radical (unpaired) electrons. The van der Waals surface area contributed by atoms with Crippen LogP contribution in [0.5, 0.6) is 0 Å². The molecule has 1 aliphatic rings. The molecule has 5 nitrogen and oxygen atoms in total. The fourth-order valence-corrected chi connectivity index (χ4v) is 1.44. The van der Waals surface area contributed by atoms with Gasteiger partial charge in [-0.2, -0.15) is 0 Å². The van der Waals surface area contributed by atoms with Gasteiger partial charge in [0.1, 0.15) is 0 Å². The summed E-state index contributed by atoms with van der Waals surface area (Å²) in [4.78, 5) is 23.5. The maximum Gasteiger partial charge on any atom is 0.307 e. The van der Waals surface area contributed by atoms with E-state index in [4.69, 9.17) is 9.84 Å². The molecule has 0 bridgehead atoms. The summed E-state index contributed by atoms with van der Waals surface area (Å²) in [6, 6.07) is -0.100. The highest BCUT2D eigenvalue weighted by Gasteiger charge is 2.35. The normalized spacial score (nSPS) is 20.6. The Bertz CT molecular complexity index is 229. The van der Waals surface area contributed by atoms with E-state index in [1.807, 2.05) is 0 Å². The number of aliphatic hydroxyl groups is 1. The molecule has 5 heteroatoms. The van der Waals surface area contributed by atoms with Crippen LogP contribution in [0, 0.1) is 0 Å². The molecule has 1 unspecified atom stereocenters. The van der Waals surface area contributed by atoms with Gasteiger partial charge in [0.15, 0.2) is 0 Å². The number of esters is 1. The lowest BCUT2D eigenvalue weighted by Crippen LogP contribution is -2.54. The average molecular weight is 201 g/mol. The molecule has 1 rings (SSSR count). The van der Waals surface area contributed by atoms with Gasteiger partial charge in [-0.1, -0.05) is 0 Å². The zero-order chi connectivity index (χ0) is 10.6. The van der Waals surface area contributed by atoms with Crippen LogP contribution in [0.25, 0.3) is 0 Å². The van der Waals surface area contributed by atoms with Gasteiger partial charge >= 0.3 is 5.97 Å². The Hall–Kier alpha value is -1.10. The number of amides is 1. The predicted molar refractivity (Wildman–Crippen MR) is 48.5 cm³/mol. The van der Waals surface area contributed by atoms with Crippen molar-refractivity contribution in [3.8, 4) is 0 Å². The molecule has 1 saturated heterocycles. The minimum Gasteiger partial charge on any atom is -0.466 e. The van der Waals surface area contributed by atoms with E-state index in [2.05, 4.69) is 0 Å². The van der Waals surface area contributed by atoms with Crippen LogP contribution in [0.2, 0.25) is 0 Å². The quantitative estimate of drug-likeness (QED) is 0.482. The molecule has 1 amide bonds. The smallest absolute Gasteiger partial charge is 0.307 e. The number of rotatable bonds is 5. The van der Waals surface area contributed by atoms with Gasteiger partial charge in [-0.25, -0.2) is 0 Å². The molecule has 1 N–H and O–H groups in total. The summed E-state index contributed by atoms with van der Waals surface area (Å²) in [5, 5.41) is 8.83. The van der Waals surface area contributed by atoms with Gasteiger partial charge < -0.3 is 14.7 Å². The fourth-order valence-electron chi connectivity index (χ4n) is 1.44. The molecule has 14 heavy (non-hydrogen) atoms. The largest absolute Gasteiger partial charge is 0.466 e. The second kappa shape index (κ2) is 4.95. The van der Waals surface area contributed by atoms with E-state index in [9.17, 15) is 9.59 Å². The Balaban J connectivity index is 2.23. The maximum absolute atomic E-state index is 11.0. The summed E-state index contributed by atoms with van der Waals surface area (Å²) in [7, 11) is 0. The summed E-state index contributed by atoms with van der Waals surface area (Å²) in [6.07, 6.45) is 0.593. The SMILES string of the molecule is CCOC(=O)CCN1C(=O)CC1CO. The van der Waals surface area contributed by atoms with Crippen molar-refractivity contribution in [2.45, 2.75) is 25.8 Å². The minimum absolute atomic E-state index is 0.00616. The maximum atomic E-state index is 11.0. The molecule has 1 aliphatic heterocycles. The van der Waals surface area contributed by atoms with E-state index in [1.54, 1.807) is 6.92 Å². The molecular formula is C9H15NO4. The third-order valence-electron chi connectivity index (χ3n) is 2.24. The third-order valence-corrected chi connectivity index (χ3v) is 2.24. The molecule has 0 aliphatic carbocycles. The van der Waals surface area contributed by atoms with Crippen molar-refractivity contribution in [3.05, 3.63) is 0 Å².